The number of nitrogens with zero attached hydrogens (tertiary/aromatic N) is 1. The monoisotopic (exact) mass is 420 g/mol. The number of carbonyl (C=O) groups is 1. The van der Waals surface area contributed by atoms with Crippen LogP contribution in [0.15, 0.2) is 58.3 Å². The van der Waals surface area contributed by atoms with Crippen molar-refractivity contribution in [3.63, 3.8) is 0 Å². The van der Waals surface area contributed by atoms with Crippen LogP contribution < -0.4 is 5.32 Å². The third kappa shape index (κ3) is 6.63. The summed E-state index contributed by atoms with van der Waals surface area (Å²) in [5.74, 6) is -0.403. The van der Waals surface area contributed by atoms with Crippen LogP contribution in [0.3, 0.4) is 0 Å². The molecular weight excluding hydrogens is 399 g/mol. The molecule has 1 fully saturated rings. The molecule has 1 saturated heterocycles. The molecule has 0 unspecified atom stereocenters. The number of benzene rings is 2. The number of hydrogen-bond donors (Lipinski definition) is 1. The molecule has 2 aromatic carbocycles. The van der Waals surface area contributed by atoms with Crippen LogP contribution in [-0.2, 0) is 9.53 Å². The van der Waals surface area contributed by atoms with Crippen molar-refractivity contribution in [2.45, 2.75) is 9.79 Å². The normalized spacial score (nSPS) is 15.1. The first-order valence-electron chi connectivity index (χ1n) is 9.09. The highest BCUT2D eigenvalue weighted by molar-refractivity contribution is 7.99. The van der Waals surface area contributed by atoms with Crippen LogP contribution in [0.2, 0.25) is 5.02 Å². The van der Waals surface area contributed by atoms with Crippen molar-refractivity contribution in [1.29, 1.82) is 0 Å². The molecule has 2 aromatic rings. The maximum Gasteiger partial charge on any atom is 0.244 e. The molecular formula is C21H22ClFN2O2S. The van der Waals surface area contributed by atoms with Gasteiger partial charge in [0.15, 0.2) is 0 Å². The van der Waals surface area contributed by atoms with Gasteiger partial charge < -0.3 is 10.1 Å². The molecule has 7 heteroatoms. The fourth-order valence-corrected chi connectivity index (χ4v) is 3.90. The molecule has 1 N–H and O–H groups in total. The van der Waals surface area contributed by atoms with E-state index in [-0.39, 0.29) is 11.7 Å². The van der Waals surface area contributed by atoms with Crippen molar-refractivity contribution in [1.82, 2.24) is 10.2 Å². The first-order valence-corrected chi connectivity index (χ1v) is 10.3. The number of ether oxygens (including phenoxy) is 1. The summed E-state index contributed by atoms with van der Waals surface area (Å²) in [6, 6.07) is 11.9. The van der Waals surface area contributed by atoms with Gasteiger partial charge in [0.1, 0.15) is 5.82 Å². The molecule has 4 nitrogen and oxygen atoms in total. The van der Waals surface area contributed by atoms with Crippen LogP contribution in [0.1, 0.15) is 5.56 Å². The molecule has 1 heterocycles. The van der Waals surface area contributed by atoms with Crippen molar-refractivity contribution >= 4 is 35.3 Å². The van der Waals surface area contributed by atoms with E-state index in [1.165, 1.54) is 30.0 Å². The zero-order valence-corrected chi connectivity index (χ0v) is 16.9. The number of carbonyl (C=O) groups excluding carboxylic acids is 1. The maximum atomic E-state index is 13.0. The minimum atomic E-state index is -0.258. The lowest BCUT2D eigenvalue weighted by Crippen LogP contribution is -2.41. The van der Waals surface area contributed by atoms with E-state index in [0.29, 0.717) is 11.6 Å². The lowest BCUT2D eigenvalue weighted by molar-refractivity contribution is -0.116. The third-order valence-electron chi connectivity index (χ3n) is 4.27. The van der Waals surface area contributed by atoms with Crippen molar-refractivity contribution in [2.24, 2.45) is 0 Å². The molecule has 0 radical (unpaired) electrons. The van der Waals surface area contributed by atoms with E-state index in [1.807, 2.05) is 18.2 Å². The second-order valence-corrected chi connectivity index (χ2v) is 7.87. The zero-order chi connectivity index (χ0) is 19.8. The van der Waals surface area contributed by atoms with Gasteiger partial charge in [-0.1, -0.05) is 29.4 Å². The Kier molecular flexibility index (Phi) is 7.91. The SMILES string of the molecule is O=C(/C=C/c1ccc(Sc2ccc(F)cc2)cc1Cl)NCCN1CCOCC1. The number of hydrogen-bond acceptors (Lipinski definition) is 4. The van der Waals surface area contributed by atoms with E-state index >= 15 is 0 Å². The zero-order valence-electron chi connectivity index (χ0n) is 15.4. The van der Waals surface area contributed by atoms with Crippen LogP contribution in [0.4, 0.5) is 4.39 Å². The Morgan fingerprint density at radius 1 is 1.18 bits per heavy atom. The Balaban J connectivity index is 1.49. The average molecular weight is 421 g/mol. The van der Waals surface area contributed by atoms with Gasteiger partial charge in [0.25, 0.3) is 0 Å². The Morgan fingerprint density at radius 3 is 2.61 bits per heavy atom. The molecule has 3 rings (SSSR count). The second-order valence-electron chi connectivity index (χ2n) is 6.32. The summed E-state index contributed by atoms with van der Waals surface area (Å²) in [6.07, 6.45) is 3.20. The number of morpholine rings is 1. The molecule has 0 aliphatic carbocycles. The Hall–Kier alpha value is -1.86. The van der Waals surface area contributed by atoms with Crippen molar-refractivity contribution in [3.8, 4) is 0 Å². The summed E-state index contributed by atoms with van der Waals surface area (Å²) in [5, 5.41) is 3.44. The van der Waals surface area contributed by atoms with Crippen LogP contribution in [0, 0.1) is 5.82 Å². The van der Waals surface area contributed by atoms with E-state index in [1.54, 1.807) is 18.2 Å². The fraction of sp³-hybridized carbons (Fsp3) is 0.286. The van der Waals surface area contributed by atoms with Gasteiger partial charge in [-0.2, -0.15) is 0 Å². The first kappa shape index (κ1) is 20.9. The molecule has 148 valence electrons. The molecule has 0 bridgehead atoms. The van der Waals surface area contributed by atoms with Gasteiger partial charge in [0, 0.05) is 47.1 Å². The number of amides is 1. The Morgan fingerprint density at radius 2 is 1.89 bits per heavy atom. The highest BCUT2D eigenvalue weighted by Crippen LogP contribution is 2.31. The van der Waals surface area contributed by atoms with Gasteiger partial charge in [-0.05, 0) is 48.0 Å². The summed E-state index contributed by atoms with van der Waals surface area (Å²) in [5.41, 5.74) is 0.772. The minimum Gasteiger partial charge on any atom is -0.379 e. The molecule has 0 atom stereocenters. The van der Waals surface area contributed by atoms with Crippen molar-refractivity contribution < 1.29 is 13.9 Å². The average Bonchev–Trinajstić information content (AvgIpc) is 2.70. The Labute approximate surface area is 173 Å². The summed E-state index contributed by atoms with van der Waals surface area (Å²) in [6.45, 7) is 4.74. The van der Waals surface area contributed by atoms with E-state index in [4.69, 9.17) is 16.3 Å². The highest BCUT2D eigenvalue weighted by atomic mass is 35.5. The largest absolute Gasteiger partial charge is 0.379 e. The standard InChI is InChI=1S/C21H22ClFN2O2S/c22-20-15-19(28-18-6-3-17(23)4-7-18)5-1-16(20)2-8-21(26)24-9-10-25-11-13-27-14-12-25/h1-8,15H,9-14H2,(H,24,26)/b8-2+. The van der Waals surface area contributed by atoms with Gasteiger partial charge >= 0.3 is 0 Å². The van der Waals surface area contributed by atoms with Gasteiger partial charge in [-0.3, -0.25) is 9.69 Å². The summed E-state index contributed by atoms with van der Waals surface area (Å²) in [7, 11) is 0. The number of nitrogens with one attached hydrogen (secondary N) is 1. The van der Waals surface area contributed by atoms with E-state index in [2.05, 4.69) is 10.2 Å². The number of halogens is 2. The number of rotatable bonds is 7. The van der Waals surface area contributed by atoms with Crippen LogP contribution >= 0.6 is 23.4 Å². The maximum absolute atomic E-state index is 13.0. The van der Waals surface area contributed by atoms with Crippen molar-refractivity contribution in [3.05, 3.63) is 64.9 Å². The molecule has 0 saturated carbocycles. The van der Waals surface area contributed by atoms with Crippen LogP contribution in [0.5, 0.6) is 0 Å². The van der Waals surface area contributed by atoms with E-state index < -0.39 is 0 Å². The fourth-order valence-electron chi connectivity index (χ4n) is 2.73. The third-order valence-corrected chi connectivity index (χ3v) is 5.59. The highest BCUT2D eigenvalue weighted by Gasteiger charge is 2.09. The second kappa shape index (κ2) is 10.6. The predicted molar refractivity (Wildman–Crippen MR) is 111 cm³/mol. The topological polar surface area (TPSA) is 41.6 Å². The minimum absolute atomic E-state index is 0.144. The Bertz CT molecular complexity index is 824. The van der Waals surface area contributed by atoms with Crippen LogP contribution in [0.25, 0.3) is 6.08 Å². The molecule has 1 aliphatic rings. The molecule has 28 heavy (non-hydrogen) atoms. The lowest BCUT2D eigenvalue weighted by Gasteiger charge is -2.26. The molecule has 0 aromatic heterocycles. The van der Waals surface area contributed by atoms with E-state index in [0.717, 1.165) is 48.2 Å². The first-order chi connectivity index (χ1) is 13.6. The smallest absolute Gasteiger partial charge is 0.244 e. The van der Waals surface area contributed by atoms with Gasteiger partial charge in [-0.15, -0.1) is 0 Å². The molecule has 0 spiro atoms. The van der Waals surface area contributed by atoms with Gasteiger partial charge in [0.05, 0.1) is 13.2 Å². The molecule has 1 amide bonds. The van der Waals surface area contributed by atoms with Gasteiger partial charge in [0.2, 0.25) is 5.91 Å². The van der Waals surface area contributed by atoms with Crippen molar-refractivity contribution in [2.75, 3.05) is 39.4 Å². The van der Waals surface area contributed by atoms with E-state index in [9.17, 15) is 9.18 Å². The molecule has 1 aliphatic heterocycles. The summed E-state index contributed by atoms with van der Waals surface area (Å²) < 4.78 is 18.3. The predicted octanol–water partition coefficient (Wildman–Crippen LogP) is 4.09. The summed E-state index contributed by atoms with van der Waals surface area (Å²) in [4.78, 5) is 16.1. The quantitative estimate of drug-likeness (QED) is 0.685. The lowest BCUT2D eigenvalue weighted by atomic mass is 10.2. The van der Waals surface area contributed by atoms with Crippen LogP contribution in [-0.4, -0.2) is 50.2 Å². The van der Waals surface area contributed by atoms with Gasteiger partial charge in [-0.25, -0.2) is 4.39 Å². The summed E-state index contributed by atoms with van der Waals surface area (Å²) >= 11 is 7.84.